The van der Waals surface area contributed by atoms with E-state index in [-0.39, 0.29) is 6.17 Å². The molecular formula is C5H5N4S2. The highest BCUT2D eigenvalue weighted by Gasteiger charge is 2.20. The molecule has 57 valence electrons. The second kappa shape index (κ2) is 2.78. The maximum absolute atomic E-state index is 4.06. The normalized spacial score (nSPS) is 23.0. The van der Waals surface area contributed by atoms with Gasteiger partial charge in [0.25, 0.3) is 0 Å². The molecule has 2 heterocycles. The Morgan fingerprint density at radius 3 is 3.18 bits per heavy atom. The summed E-state index contributed by atoms with van der Waals surface area (Å²) < 4.78 is 5.88. The standard InChI is InChI=1S/C5H5N4S2/c1-4-7-3-10-9(4)5-6-2-8-11-5/h2,4H,1H3. The van der Waals surface area contributed by atoms with Gasteiger partial charge in [0, 0.05) is 23.5 Å². The topological polar surface area (TPSA) is 41.4 Å². The fourth-order valence-electron chi connectivity index (χ4n) is 0.736. The van der Waals surface area contributed by atoms with Crippen LogP contribution in [0.25, 0.3) is 0 Å². The van der Waals surface area contributed by atoms with E-state index in [0.717, 1.165) is 5.13 Å². The maximum atomic E-state index is 4.06. The second-order valence-corrected chi connectivity index (χ2v) is 3.51. The van der Waals surface area contributed by atoms with Gasteiger partial charge in [-0.05, 0) is 6.92 Å². The average Bonchev–Trinajstić information content (AvgIpc) is 2.55. The summed E-state index contributed by atoms with van der Waals surface area (Å²) >= 11 is 2.80. The Balaban J connectivity index is 2.19. The molecule has 0 N–H and O–H groups in total. The lowest BCUT2D eigenvalue weighted by atomic mass is 10.6. The van der Waals surface area contributed by atoms with E-state index < -0.39 is 0 Å². The molecule has 1 aromatic rings. The van der Waals surface area contributed by atoms with Gasteiger partial charge in [0.15, 0.2) is 0 Å². The maximum Gasteiger partial charge on any atom is 0.217 e. The molecule has 1 radical (unpaired) electrons. The van der Waals surface area contributed by atoms with Crippen LogP contribution in [0.15, 0.2) is 11.3 Å². The average molecular weight is 185 g/mol. The Morgan fingerprint density at radius 1 is 1.73 bits per heavy atom. The van der Waals surface area contributed by atoms with E-state index in [1.165, 1.54) is 23.5 Å². The summed E-state index contributed by atoms with van der Waals surface area (Å²) in [4.78, 5) is 8.11. The second-order valence-electron chi connectivity index (χ2n) is 1.99. The van der Waals surface area contributed by atoms with E-state index in [2.05, 4.69) is 19.9 Å². The van der Waals surface area contributed by atoms with E-state index in [1.54, 1.807) is 6.33 Å². The molecule has 0 bridgehead atoms. The van der Waals surface area contributed by atoms with Crippen LogP contribution in [0.5, 0.6) is 0 Å². The summed E-state index contributed by atoms with van der Waals surface area (Å²) in [5, 5.41) is 0.885. The van der Waals surface area contributed by atoms with Crippen LogP contribution in [-0.2, 0) is 0 Å². The third-order valence-corrected chi connectivity index (χ3v) is 2.90. The van der Waals surface area contributed by atoms with Crippen molar-refractivity contribution in [3.8, 4) is 0 Å². The number of anilines is 1. The number of rotatable bonds is 1. The first-order valence-corrected chi connectivity index (χ1v) is 4.60. The molecule has 1 aliphatic rings. The van der Waals surface area contributed by atoms with Crippen LogP contribution in [0, 0.1) is 0 Å². The van der Waals surface area contributed by atoms with Gasteiger partial charge in [-0.25, -0.2) is 9.98 Å². The molecule has 6 heteroatoms. The molecule has 0 saturated heterocycles. The minimum absolute atomic E-state index is 0.132. The van der Waals surface area contributed by atoms with Crippen molar-refractivity contribution >= 4 is 34.2 Å². The van der Waals surface area contributed by atoms with Crippen molar-refractivity contribution in [2.45, 2.75) is 13.1 Å². The predicted molar refractivity (Wildman–Crippen MR) is 46.9 cm³/mol. The van der Waals surface area contributed by atoms with Crippen molar-refractivity contribution in [1.82, 2.24) is 9.36 Å². The number of aromatic nitrogens is 2. The Labute approximate surface area is 72.7 Å². The van der Waals surface area contributed by atoms with Crippen LogP contribution in [-0.4, -0.2) is 21.1 Å². The van der Waals surface area contributed by atoms with Gasteiger partial charge in [-0.15, -0.1) is 0 Å². The molecule has 0 amide bonds. The highest BCUT2D eigenvalue weighted by Crippen LogP contribution is 2.28. The molecule has 11 heavy (non-hydrogen) atoms. The van der Waals surface area contributed by atoms with Gasteiger partial charge < -0.3 is 0 Å². The van der Waals surface area contributed by atoms with Crippen molar-refractivity contribution in [3.05, 3.63) is 6.33 Å². The van der Waals surface area contributed by atoms with E-state index in [9.17, 15) is 0 Å². The van der Waals surface area contributed by atoms with Gasteiger partial charge in [0.1, 0.15) is 18.0 Å². The Hall–Kier alpha value is -0.620. The highest BCUT2D eigenvalue weighted by molar-refractivity contribution is 8.13. The van der Waals surface area contributed by atoms with E-state index in [1.807, 2.05) is 11.2 Å². The molecule has 4 nitrogen and oxygen atoms in total. The summed E-state index contributed by atoms with van der Waals surface area (Å²) in [6, 6.07) is 0. The third-order valence-electron chi connectivity index (χ3n) is 1.26. The van der Waals surface area contributed by atoms with Crippen molar-refractivity contribution in [3.63, 3.8) is 0 Å². The lowest BCUT2D eigenvalue weighted by molar-refractivity contribution is 0.812. The van der Waals surface area contributed by atoms with E-state index in [4.69, 9.17) is 0 Å². The van der Waals surface area contributed by atoms with Crippen LogP contribution in [0.1, 0.15) is 6.92 Å². The zero-order chi connectivity index (χ0) is 7.68. The molecule has 0 aromatic carbocycles. The summed E-state index contributed by atoms with van der Waals surface area (Å²) in [6.07, 6.45) is 1.68. The lowest BCUT2D eigenvalue weighted by Gasteiger charge is -2.14. The van der Waals surface area contributed by atoms with Crippen LogP contribution in [0.2, 0.25) is 0 Å². The third kappa shape index (κ3) is 1.23. The van der Waals surface area contributed by atoms with Crippen LogP contribution in [0.4, 0.5) is 5.13 Å². The quantitative estimate of drug-likeness (QED) is 0.618. The summed E-state index contributed by atoms with van der Waals surface area (Å²) in [5.41, 5.74) is 2.82. The summed E-state index contributed by atoms with van der Waals surface area (Å²) in [5.74, 6) is 0. The Bertz CT molecular complexity index is 257. The van der Waals surface area contributed by atoms with Crippen LogP contribution < -0.4 is 4.31 Å². The molecule has 0 spiro atoms. The van der Waals surface area contributed by atoms with Crippen molar-refractivity contribution in [2.75, 3.05) is 4.31 Å². The molecular weight excluding hydrogens is 180 g/mol. The van der Waals surface area contributed by atoms with Gasteiger partial charge in [0.2, 0.25) is 5.13 Å². The Kier molecular flexibility index (Phi) is 1.79. The van der Waals surface area contributed by atoms with Crippen LogP contribution >= 0.6 is 23.5 Å². The van der Waals surface area contributed by atoms with Gasteiger partial charge >= 0.3 is 0 Å². The molecule has 0 saturated carbocycles. The summed E-state index contributed by atoms with van der Waals surface area (Å²) in [6.45, 7) is 1.99. The van der Waals surface area contributed by atoms with E-state index in [0.29, 0.717) is 0 Å². The first kappa shape index (κ1) is 7.05. The van der Waals surface area contributed by atoms with Gasteiger partial charge in [-0.1, -0.05) is 0 Å². The van der Waals surface area contributed by atoms with Crippen molar-refractivity contribution < 1.29 is 0 Å². The van der Waals surface area contributed by atoms with Crippen molar-refractivity contribution in [1.29, 1.82) is 0 Å². The molecule has 1 atom stereocenters. The van der Waals surface area contributed by atoms with Gasteiger partial charge in [-0.2, -0.15) is 4.37 Å². The molecule has 0 fully saturated rings. The fraction of sp³-hybridized carbons (Fsp3) is 0.400. The minimum atomic E-state index is 0.132. The number of nitrogens with zero attached hydrogens (tertiary/aromatic N) is 4. The zero-order valence-electron chi connectivity index (χ0n) is 5.76. The number of aliphatic imine (C=N–C) groups is 1. The SMILES string of the molecule is CC1N=[C]SN1c1ncns1. The van der Waals surface area contributed by atoms with Gasteiger partial charge in [-0.3, -0.25) is 4.31 Å². The Morgan fingerprint density at radius 2 is 2.64 bits per heavy atom. The fourth-order valence-corrected chi connectivity index (χ4v) is 2.08. The lowest BCUT2D eigenvalue weighted by Crippen LogP contribution is -2.19. The van der Waals surface area contributed by atoms with Gasteiger partial charge in [0.05, 0.1) is 0 Å². The monoisotopic (exact) mass is 185 g/mol. The minimum Gasteiger partial charge on any atom is -0.261 e. The van der Waals surface area contributed by atoms with Crippen LogP contribution in [0.3, 0.4) is 0 Å². The number of hydrogen-bond acceptors (Lipinski definition) is 6. The van der Waals surface area contributed by atoms with Crippen molar-refractivity contribution in [2.24, 2.45) is 4.99 Å². The first-order valence-electron chi connectivity index (χ1n) is 3.05. The highest BCUT2D eigenvalue weighted by atomic mass is 32.2. The number of hydrogen-bond donors (Lipinski definition) is 0. The predicted octanol–water partition coefficient (Wildman–Crippen LogP) is 1.26. The first-order chi connectivity index (χ1) is 5.38. The zero-order valence-corrected chi connectivity index (χ0v) is 7.39. The smallest absolute Gasteiger partial charge is 0.217 e. The van der Waals surface area contributed by atoms with E-state index >= 15 is 0 Å². The largest absolute Gasteiger partial charge is 0.261 e. The molecule has 1 aliphatic heterocycles. The molecule has 0 aliphatic carbocycles. The molecule has 1 unspecified atom stereocenters. The molecule has 2 rings (SSSR count). The summed E-state index contributed by atoms with van der Waals surface area (Å²) in [7, 11) is 0. The molecule has 1 aromatic heterocycles.